The summed E-state index contributed by atoms with van der Waals surface area (Å²) in [4.78, 5) is 0. The quantitative estimate of drug-likeness (QED) is 0.730. The van der Waals surface area contributed by atoms with Gasteiger partial charge in [0.05, 0.1) is 0 Å². The van der Waals surface area contributed by atoms with Crippen LogP contribution in [0.1, 0.15) is 45.6 Å². The van der Waals surface area contributed by atoms with Crippen LogP contribution in [0, 0.1) is 5.41 Å². The average molecular weight is 265 g/mol. The summed E-state index contributed by atoms with van der Waals surface area (Å²) in [5.74, 6) is 0. The molecular weight excluding hydrogens is 244 g/mol. The van der Waals surface area contributed by atoms with Crippen LogP contribution in [0.25, 0.3) is 0 Å². The summed E-state index contributed by atoms with van der Waals surface area (Å²) in [6.07, 6.45) is 4.82. The second-order valence-electron chi connectivity index (χ2n) is 6.02. The molecule has 1 nitrogen and oxygen atoms in total. The Hall–Kier alpha value is -0.790. The number of allylic oxidation sites excluding steroid dienone is 1. The van der Waals surface area contributed by atoms with Crippen LogP contribution >= 0.6 is 11.6 Å². The average Bonchev–Trinajstić information content (AvgIpc) is 2.33. The fourth-order valence-corrected chi connectivity index (χ4v) is 2.95. The van der Waals surface area contributed by atoms with E-state index in [4.69, 9.17) is 11.6 Å². The number of halogens is 1. The van der Waals surface area contributed by atoms with Gasteiger partial charge in [-0.3, -0.25) is 0 Å². The lowest BCUT2D eigenvalue weighted by Crippen LogP contribution is -2.37. The van der Waals surface area contributed by atoms with Crippen LogP contribution in [0.2, 0.25) is 5.02 Å². The normalized spacial score (nSPS) is 29.5. The van der Waals surface area contributed by atoms with Crippen molar-refractivity contribution in [1.82, 2.24) is 0 Å². The minimum atomic E-state index is -0.811. The summed E-state index contributed by atoms with van der Waals surface area (Å²) in [5, 5.41) is 11.7. The van der Waals surface area contributed by atoms with Gasteiger partial charge in [0.15, 0.2) is 0 Å². The van der Waals surface area contributed by atoms with Gasteiger partial charge in [0.1, 0.15) is 5.60 Å². The van der Waals surface area contributed by atoms with Gasteiger partial charge in [-0.2, -0.15) is 0 Å². The summed E-state index contributed by atoms with van der Waals surface area (Å²) in [7, 11) is 0. The van der Waals surface area contributed by atoms with Crippen molar-refractivity contribution in [3.8, 4) is 0 Å². The van der Waals surface area contributed by atoms with Crippen molar-refractivity contribution in [3.05, 3.63) is 46.5 Å². The van der Waals surface area contributed by atoms with E-state index in [1.54, 1.807) is 0 Å². The number of aliphatic hydroxyl groups is 1. The van der Waals surface area contributed by atoms with E-state index in [0.29, 0.717) is 5.02 Å². The molecule has 1 aromatic carbocycles. The van der Waals surface area contributed by atoms with Crippen molar-refractivity contribution in [1.29, 1.82) is 0 Å². The molecule has 1 atom stereocenters. The first-order valence-corrected chi connectivity index (χ1v) is 6.89. The molecule has 1 aliphatic carbocycles. The van der Waals surface area contributed by atoms with Gasteiger partial charge in [-0.25, -0.2) is 0 Å². The maximum Gasteiger partial charge on any atom is 0.111 e. The third kappa shape index (κ3) is 2.48. The molecule has 0 radical (unpaired) electrons. The molecule has 2 heteroatoms. The summed E-state index contributed by atoms with van der Waals surface area (Å²) >= 11 is 5.92. The first-order valence-electron chi connectivity index (χ1n) is 6.51. The lowest BCUT2D eigenvalue weighted by Gasteiger charge is -2.43. The molecule has 0 saturated heterocycles. The van der Waals surface area contributed by atoms with Crippen molar-refractivity contribution in [2.45, 2.75) is 45.6 Å². The van der Waals surface area contributed by atoms with E-state index in [0.717, 1.165) is 30.4 Å². The van der Waals surface area contributed by atoms with E-state index in [1.807, 2.05) is 31.2 Å². The zero-order valence-electron chi connectivity index (χ0n) is 11.3. The zero-order chi connectivity index (χ0) is 13.4. The Bertz CT molecular complexity index is 458. The Morgan fingerprint density at radius 1 is 1.17 bits per heavy atom. The van der Waals surface area contributed by atoms with Crippen molar-refractivity contribution in [3.63, 3.8) is 0 Å². The highest BCUT2D eigenvalue weighted by Crippen LogP contribution is 2.48. The highest BCUT2D eigenvalue weighted by Gasteiger charge is 2.41. The van der Waals surface area contributed by atoms with Crippen molar-refractivity contribution in [2.24, 2.45) is 5.41 Å². The molecule has 18 heavy (non-hydrogen) atoms. The molecule has 0 spiro atoms. The molecule has 1 fully saturated rings. The van der Waals surface area contributed by atoms with Gasteiger partial charge in [0.25, 0.3) is 0 Å². The van der Waals surface area contributed by atoms with Gasteiger partial charge in [0.2, 0.25) is 0 Å². The Balaban J connectivity index is 2.38. The Kier molecular flexibility index (Phi) is 3.57. The molecule has 1 aromatic rings. The van der Waals surface area contributed by atoms with Crippen molar-refractivity contribution in [2.75, 3.05) is 0 Å². The maximum atomic E-state index is 11.0. The monoisotopic (exact) mass is 264 g/mol. The molecule has 0 aromatic heterocycles. The molecule has 0 heterocycles. The smallest absolute Gasteiger partial charge is 0.111 e. The Morgan fingerprint density at radius 2 is 1.78 bits per heavy atom. The predicted octanol–water partition coefficient (Wildman–Crippen LogP) is 4.68. The first-order chi connectivity index (χ1) is 8.37. The lowest BCUT2D eigenvalue weighted by atomic mass is 9.66. The molecule has 0 amide bonds. The second-order valence-corrected chi connectivity index (χ2v) is 6.46. The fraction of sp³-hybridized carbons (Fsp3) is 0.500. The summed E-state index contributed by atoms with van der Waals surface area (Å²) < 4.78 is 0. The van der Waals surface area contributed by atoms with Gasteiger partial charge in [-0.15, -0.1) is 0 Å². The van der Waals surface area contributed by atoms with Crippen LogP contribution in [-0.4, -0.2) is 5.11 Å². The molecule has 0 aliphatic heterocycles. The van der Waals surface area contributed by atoms with Gasteiger partial charge >= 0.3 is 0 Å². The fourth-order valence-electron chi connectivity index (χ4n) is 2.83. The minimum Gasteiger partial charge on any atom is -0.381 e. The van der Waals surface area contributed by atoms with Crippen LogP contribution in [0.5, 0.6) is 0 Å². The molecular formula is C16H21ClO. The number of rotatable bonds is 1. The van der Waals surface area contributed by atoms with Crippen molar-refractivity contribution >= 4 is 11.6 Å². The molecule has 1 unspecified atom stereocenters. The van der Waals surface area contributed by atoms with E-state index in [2.05, 4.69) is 19.9 Å². The molecule has 2 rings (SSSR count). The first kappa shape index (κ1) is 13.6. The lowest BCUT2D eigenvalue weighted by molar-refractivity contribution is 0.0207. The number of hydrogen-bond acceptors (Lipinski definition) is 1. The van der Waals surface area contributed by atoms with Gasteiger partial charge < -0.3 is 5.11 Å². The zero-order valence-corrected chi connectivity index (χ0v) is 12.1. The number of hydrogen-bond donors (Lipinski definition) is 1. The third-order valence-corrected chi connectivity index (χ3v) is 4.29. The standard InChI is InChI=1S/C16H21ClO/c1-4-12-11-15(2,3)9-10-16(12,18)13-5-7-14(17)8-6-13/h4-8,18H,9-11H2,1-3H3/b12-4+. The summed E-state index contributed by atoms with van der Waals surface area (Å²) in [6.45, 7) is 6.54. The van der Waals surface area contributed by atoms with Crippen LogP contribution in [-0.2, 0) is 5.60 Å². The van der Waals surface area contributed by atoms with E-state index in [1.165, 1.54) is 0 Å². The van der Waals surface area contributed by atoms with E-state index < -0.39 is 5.60 Å². The maximum absolute atomic E-state index is 11.0. The Labute approximate surface area is 114 Å². The molecule has 1 aliphatic rings. The van der Waals surface area contributed by atoms with E-state index >= 15 is 0 Å². The minimum absolute atomic E-state index is 0.278. The van der Waals surface area contributed by atoms with Gasteiger partial charge in [0, 0.05) is 5.02 Å². The number of benzene rings is 1. The van der Waals surface area contributed by atoms with Crippen molar-refractivity contribution < 1.29 is 5.11 Å². The Morgan fingerprint density at radius 3 is 2.33 bits per heavy atom. The molecule has 98 valence electrons. The van der Waals surface area contributed by atoms with Crippen LogP contribution in [0.3, 0.4) is 0 Å². The predicted molar refractivity (Wildman–Crippen MR) is 76.7 cm³/mol. The van der Waals surface area contributed by atoms with Gasteiger partial charge in [-0.05, 0) is 54.9 Å². The SMILES string of the molecule is C/C=C1\CC(C)(C)CCC1(O)c1ccc(Cl)cc1. The van der Waals surface area contributed by atoms with Gasteiger partial charge in [-0.1, -0.05) is 43.7 Å². The highest BCUT2D eigenvalue weighted by atomic mass is 35.5. The summed E-state index contributed by atoms with van der Waals surface area (Å²) in [5.41, 5.74) is 1.55. The topological polar surface area (TPSA) is 20.2 Å². The van der Waals surface area contributed by atoms with E-state index in [-0.39, 0.29) is 5.41 Å². The van der Waals surface area contributed by atoms with Crippen LogP contribution < -0.4 is 0 Å². The molecule has 0 bridgehead atoms. The summed E-state index contributed by atoms with van der Waals surface area (Å²) in [6, 6.07) is 7.57. The highest BCUT2D eigenvalue weighted by molar-refractivity contribution is 6.30. The van der Waals surface area contributed by atoms with Crippen LogP contribution in [0.15, 0.2) is 35.9 Å². The largest absolute Gasteiger partial charge is 0.381 e. The van der Waals surface area contributed by atoms with Crippen LogP contribution in [0.4, 0.5) is 0 Å². The molecule has 1 N–H and O–H groups in total. The van der Waals surface area contributed by atoms with E-state index in [9.17, 15) is 5.11 Å². The second kappa shape index (κ2) is 4.71. The molecule has 1 saturated carbocycles. The third-order valence-electron chi connectivity index (χ3n) is 4.03.